The Kier molecular flexibility index (Phi) is 9.61. The molecule has 0 saturated heterocycles. The monoisotopic (exact) mass is 389 g/mol. The maximum atomic E-state index is 10.9. The van der Waals surface area contributed by atoms with Gasteiger partial charge in [0.25, 0.3) is 5.91 Å². The van der Waals surface area contributed by atoms with Crippen LogP contribution in [0, 0.1) is 0 Å². The third kappa shape index (κ3) is 7.65. The van der Waals surface area contributed by atoms with E-state index in [9.17, 15) is 4.79 Å². The van der Waals surface area contributed by atoms with Crippen LogP contribution in [0.1, 0.15) is 12.5 Å². The fourth-order valence-corrected chi connectivity index (χ4v) is 2.49. The van der Waals surface area contributed by atoms with Crippen molar-refractivity contribution in [2.75, 3.05) is 39.5 Å². The van der Waals surface area contributed by atoms with Gasteiger partial charge in [-0.15, -0.1) is 0 Å². The van der Waals surface area contributed by atoms with Gasteiger partial charge >= 0.3 is 0 Å². The highest BCUT2D eigenvalue weighted by Gasteiger charge is 2.13. The topological polar surface area (TPSA) is 106 Å². The molecule has 0 bridgehead atoms. The average Bonchev–Trinajstić information content (AvgIpc) is 2.50. The number of carbonyl (C=O) groups is 1. The van der Waals surface area contributed by atoms with Crippen molar-refractivity contribution in [3.05, 3.63) is 22.2 Å². The molecule has 0 spiro atoms. The van der Waals surface area contributed by atoms with Gasteiger partial charge in [-0.2, -0.15) is 0 Å². The van der Waals surface area contributed by atoms with Crippen LogP contribution in [0.5, 0.6) is 11.5 Å². The molecule has 0 saturated carbocycles. The third-order valence-electron chi connectivity index (χ3n) is 2.82. The maximum absolute atomic E-state index is 10.9. The van der Waals surface area contributed by atoms with Gasteiger partial charge in [0, 0.05) is 26.2 Å². The number of carbonyl (C=O) groups excluding carboxylic acids is 1. The molecule has 0 aliphatic carbocycles. The summed E-state index contributed by atoms with van der Waals surface area (Å²) in [5.74, 6) is 0.498. The van der Waals surface area contributed by atoms with Gasteiger partial charge in [0.2, 0.25) is 0 Å². The smallest absolute Gasteiger partial charge is 0.255 e. The van der Waals surface area contributed by atoms with E-state index in [2.05, 4.69) is 26.6 Å². The predicted octanol–water partition coefficient (Wildman–Crippen LogP) is 0.383. The Hall–Kier alpha value is -1.35. The number of hydrogen-bond acceptors (Lipinski definition) is 6. The Morgan fingerprint density at radius 1 is 1.26 bits per heavy atom. The molecule has 0 heterocycles. The molecule has 1 aromatic carbocycles. The normalized spacial score (nSPS) is 10.6. The minimum Gasteiger partial charge on any atom is -0.490 e. The zero-order valence-electron chi connectivity index (χ0n) is 13.2. The number of nitrogens with two attached hydrogens (primary N) is 1. The van der Waals surface area contributed by atoms with E-state index in [1.807, 2.05) is 19.1 Å². The molecule has 0 atom stereocenters. The molecule has 5 N–H and O–H groups in total. The number of benzene rings is 1. The number of hydrogen-bond donors (Lipinski definition) is 4. The highest BCUT2D eigenvalue weighted by atomic mass is 79.9. The Labute approximate surface area is 144 Å². The van der Waals surface area contributed by atoms with Crippen LogP contribution in [0.2, 0.25) is 0 Å². The van der Waals surface area contributed by atoms with Crippen LogP contribution in [-0.2, 0) is 11.3 Å². The molecular formula is C15H24BrN3O4. The quantitative estimate of drug-likeness (QED) is 0.385. The van der Waals surface area contributed by atoms with Gasteiger partial charge in [-0.3, -0.25) is 4.79 Å². The zero-order valence-corrected chi connectivity index (χ0v) is 14.8. The van der Waals surface area contributed by atoms with Crippen LogP contribution in [0.15, 0.2) is 16.6 Å². The van der Waals surface area contributed by atoms with E-state index in [0.29, 0.717) is 35.7 Å². The number of aliphatic hydroxyl groups excluding tert-OH is 1. The van der Waals surface area contributed by atoms with Crippen LogP contribution >= 0.6 is 15.9 Å². The van der Waals surface area contributed by atoms with Crippen LogP contribution in [0.4, 0.5) is 0 Å². The molecule has 7 nitrogen and oxygen atoms in total. The molecule has 0 fully saturated rings. The van der Waals surface area contributed by atoms with E-state index in [0.717, 1.165) is 18.7 Å². The Balaban J connectivity index is 2.65. The number of primary amides is 1. The molecule has 0 unspecified atom stereocenters. The van der Waals surface area contributed by atoms with Crippen molar-refractivity contribution in [3.63, 3.8) is 0 Å². The zero-order chi connectivity index (χ0) is 17.1. The number of nitrogens with one attached hydrogen (secondary N) is 2. The molecule has 23 heavy (non-hydrogen) atoms. The molecule has 0 aromatic heterocycles. The van der Waals surface area contributed by atoms with Crippen molar-refractivity contribution in [1.29, 1.82) is 0 Å². The SMILES string of the molecule is CCOc1cc(CNCCNCCO)cc(Br)c1OCC(N)=O. The van der Waals surface area contributed by atoms with E-state index in [-0.39, 0.29) is 13.2 Å². The number of ether oxygens (including phenoxy) is 2. The lowest BCUT2D eigenvalue weighted by Crippen LogP contribution is -2.28. The van der Waals surface area contributed by atoms with Crippen molar-refractivity contribution in [3.8, 4) is 11.5 Å². The van der Waals surface area contributed by atoms with Gasteiger partial charge in [0.15, 0.2) is 18.1 Å². The summed E-state index contributed by atoms with van der Waals surface area (Å²) in [6.45, 7) is 5.11. The van der Waals surface area contributed by atoms with Gasteiger partial charge < -0.3 is 30.9 Å². The number of rotatable bonds is 12. The molecule has 1 amide bonds. The largest absolute Gasteiger partial charge is 0.490 e. The van der Waals surface area contributed by atoms with Crippen LogP contribution in [0.25, 0.3) is 0 Å². The highest BCUT2D eigenvalue weighted by Crippen LogP contribution is 2.36. The summed E-state index contributed by atoms with van der Waals surface area (Å²) in [7, 11) is 0. The summed E-state index contributed by atoms with van der Waals surface area (Å²) < 4.78 is 11.7. The van der Waals surface area contributed by atoms with Crippen LogP contribution in [0.3, 0.4) is 0 Å². The fraction of sp³-hybridized carbons (Fsp3) is 0.533. The predicted molar refractivity (Wildman–Crippen MR) is 91.7 cm³/mol. The van der Waals surface area contributed by atoms with E-state index >= 15 is 0 Å². The summed E-state index contributed by atoms with van der Waals surface area (Å²) >= 11 is 3.44. The van der Waals surface area contributed by atoms with Crippen molar-refractivity contribution >= 4 is 21.8 Å². The van der Waals surface area contributed by atoms with Crippen molar-refractivity contribution in [1.82, 2.24) is 10.6 Å². The first-order valence-electron chi connectivity index (χ1n) is 7.47. The van der Waals surface area contributed by atoms with Crippen LogP contribution < -0.4 is 25.8 Å². The lowest BCUT2D eigenvalue weighted by molar-refractivity contribution is -0.119. The molecule has 0 radical (unpaired) electrons. The maximum Gasteiger partial charge on any atom is 0.255 e. The van der Waals surface area contributed by atoms with Crippen molar-refractivity contribution in [2.45, 2.75) is 13.5 Å². The van der Waals surface area contributed by atoms with Crippen molar-refractivity contribution < 1.29 is 19.4 Å². The van der Waals surface area contributed by atoms with E-state index in [4.69, 9.17) is 20.3 Å². The van der Waals surface area contributed by atoms with E-state index in [1.165, 1.54) is 0 Å². The molecule has 1 aromatic rings. The second kappa shape index (κ2) is 11.2. The van der Waals surface area contributed by atoms with Gasteiger partial charge in [-0.05, 0) is 40.5 Å². The first-order chi connectivity index (χ1) is 11.1. The van der Waals surface area contributed by atoms with Gasteiger partial charge in [-0.1, -0.05) is 0 Å². The second-order valence-corrected chi connectivity index (χ2v) is 5.60. The summed E-state index contributed by atoms with van der Waals surface area (Å²) in [5, 5.41) is 15.1. The van der Waals surface area contributed by atoms with Gasteiger partial charge in [-0.25, -0.2) is 0 Å². The second-order valence-electron chi connectivity index (χ2n) is 4.74. The van der Waals surface area contributed by atoms with E-state index < -0.39 is 5.91 Å². The van der Waals surface area contributed by atoms with Gasteiger partial charge in [0.05, 0.1) is 17.7 Å². The summed E-state index contributed by atoms with van der Waals surface area (Å²) in [6, 6.07) is 3.78. The summed E-state index contributed by atoms with van der Waals surface area (Å²) in [6.07, 6.45) is 0. The molecule has 0 aliphatic rings. The van der Waals surface area contributed by atoms with E-state index in [1.54, 1.807) is 0 Å². The molecule has 0 aliphatic heterocycles. The number of amides is 1. The fourth-order valence-electron chi connectivity index (χ4n) is 1.88. The highest BCUT2D eigenvalue weighted by molar-refractivity contribution is 9.10. The Morgan fingerprint density at radius 3 is 2.65 bits per heavy atom. The first kappa shape index (κ1) is 19.7. The lowest BCUT2D eigenvalue weighted by atomic mass is 10.2. The summed E-state index contributed by atoms with van der Waals surface area (Å²) in [5.41, 5.74) is 6.13. The Morgan fingerprint density at radius 2 is 2.00 bits per heavy atom. The minimum absolute atomic E-state index is 0.136. The molecule has 8 heteroatoms. The first-order valence-corrected chi connectivity index (χ1v) is 8.26. The van der Waals surface area contributed by atoms with Gasteiger partial charge in [0.1, 0.15) is 0 Å². The average molecular weight is 390 g/mol. The lowest BCUT2D eigenvalue weighted by Gasteiger charge is -2.15. The molecule has 130 valence electrons. The minimum atomic E-state index is -0.541. The molecule has 1 rings (SSSR count). The molecular weight excluding hydrogens is 366 g/mol. The number of halogens is 1. The Bertz CT molecular complexity index is 500. The van der Waals surface area contributed by atoms with Crippen LogP contribution in [-0.4, -0.2) is 50.5 Å². The van der Waals surface area contributed by atoms with Crippen molar-refractivity contribution in [2.24, 2.45) is 5.73 Å². The summed E-state index contributed by atoms with van der Waals surface area (Å²) in [4.78, 5) is 10.9. The third-order valence-corrected chi connectivity index (χ3v) is 3.41. The standard InChI is InChI=1S/C15H24BrN3O4/c1-2-22-13-8-11(9-19-4-3-18-5-6-20)7-12(16)15(13)23-10-14(17)21/h7-8,18-20H,2-6,9-10H2,1H3,(H2,17,21). The number of aliphatic hydroxyl groups is 1.